The van der Waals surface area contributed by atoms with Gasteiger partial charge in [-0.3, -0.25) is 14.4 Å². The average molecular weight is 433 g/mol. The molecule has 0 atom stereocenters. The molecule has 0 spiro atoms. The van der Waals surface area contributed by atoms with Gasteiger partial charge >= 0.3 is 0 Å². The molecule has 1 aromatic carbocycles. The molecule has 30 heavy (non-hydrogen) atoms. The van der Waals surface area contributed by atoms with Gasteiger partial charge in [-0.2, -0.15) is 0 Å². The van der Waals surface area contributed by atoms with E-state index in [-0.39, 0.29) is 36.7 Å². The molecule has 9 heteroatoms. The summed E-state index contributed by atoms with van der Waals surface area (Å²) in [6.07, 6.45) is 1.87. The van der Waals surface area contributed by atoms with E-state index >= 15 is 0 Å². The fourth-order valence-corrected chi connectivity index (χ4v) is 3.84. The number of hydrogen-bond donors (Lipinski definition) is 1. The van der Waals surface area contributed by atoms with E-state index in [0.717, 1.165) is 12.8 Å². The van der Waals surface area contributed by atoms with E-state index in [0.29, 0.717) is 29.5 Å². The lowest BCUT2D eigenvalue weighted by Crippen LogP contribution is -2.39. The van der Waals surface area contributed by atoms with Crippen molar-refractivity contribution in [2.24, 2.45) is 0 Å². The Morgan fingerprint density at radius 1 is 1.17 bits per heavy atom. The zero-order chi connectivity index (χ0) is 21.7. The topological polar surface area (TPSA) is 82.6 Å². The fourth-order valence-electron chi connectivity index (χ4n) is 3.11. The Balaban J connectivity index is 1.59. The van der Waals surface area contributed by atoms with Gasteiger partial charge in [0.15, 0.2) is 5.13 Å². The molecular weight excluding hydrogens is 407 g/mol. The van der Waals surface area contributed by atoms with Crippen molar-refractivity contribution in [1.29, 1.82) is 0 Å². The molecule has 0 unspecified atom stereocenters. The summed E-state index contributed by atoms with van der Waals surface area (Å²) in [6, 6.07) is 5.33. The SMILES string of the molecule is CCN(CC)C(=O)Cc1csc(NC(=O)CN(C(=O)c2ccc(F)cc2)C2CC2)n1. The first-order chi connectivity index (χ1) is 14.4. The third-order valence-electron chi connectivity index (χ3n) is 4.90. The molecule has 0 saturated heterocycles. The number of carbonyl (C=O) groups is 3. The minimum atomic E-state index is -0.415. The van der Waals surface area contributed by atoms with Crippen molar-refractivity contribution in [3.8, 4) is 0 Å². The second-order valence-corrected chi connectivity index (χ2v) is 7.96. The van der Waals surface area contributed by atoms with Crippen LogP contribution in [-0.4, -0.2) is 58.2 Å². The van der Waals surface area contributed by atoms with Gasteiger partial charge < -0.3 is 15.1 Å². The lowest BCUT2D eigenvalue weighted by Gasteiger charge is -2.21. The number of hydrogen-bond acceptors (Lipinski definition) is 5. The minimum Gasteiger partial charge on any atom is -0.343 e. The molecule has 0 bridgehead atoms. The Kier molecular flexibility index (Phi) is 7.15. The highest BCUT2D eigenvalue weighted by molar-refractivity contribution is 7.13. The second kappa shape index (κ2) is 9.80. The largest absolute Gasteiger partial charge is 0.343 e. The molecule has 1 aliphatic rings. The molecule has 1 aliphatic carbocycles. The van der Waals surface area contributed by atoms with Gasteiger partial charge in [-0.25, -0.2) is 9.37 Å². The maximum Gasteiger partial charge on any atom is 0.254 e. The quantitative estimate of drug-likeness (QED) is 0.661. The summed E-state index contributed by atoms with van der Waals surface area (Å²) in [5.41, 5.74) is 0.955. The first-order valence-corrected chi connectivity index (χ1v) is 10.9. The molecule has 1 saturated carbocycles. The Bertz CT molecular complexity index is 907. The fraction of sp³-hybridized carbons (Fsp3) is 0.429. The van der Waals surface area contributed by atoms with Crippen LogP contribution in [0, 0.1) is 5.82 Å². The zero-order valence-electron chi connectivity index (χ0n) is 17.1. The first kappa shape index (κ1) is 21.9. The molecule has 1 heterocycles. The summed E-state index contributed by atoms with van der Waals surface area (Å²) in [5.74, 6) is -1.07. The summed E-state index contributed by atoms with van der Waals surface area (Å²) >= 11 is 1.25. The predicted octanol–water partition coefficient (Wildman–Crippen LogP) is 2.94. The lowest BCUT2D eigenvalue weighted by molar-refractivity contribution is -0.130. The van der Waals surface area contributed by atoms with Gasteiger partial charge in [0, 0.05) is 30.1 Å². The summed E-state index contributed by atoms with van der Waals surface area (Å²) < 4.78 is 13.1. The van der Waals surface area contributed by atoms with Gasteiger partial charge in [-0.1, -0.05) is 0 Å². The molecule has 3 amide bonds. The molecule has 160 valence electrons. The van der Waals surface area contributed by atoms with Crippen molar-refractivity contribution in [2.45, 2.75) is 39.2 Å². The number of benzene rings is 1. The van der Waals surface area contributed by atoms with Crippen LogP contribution in [0.15, 0.2) is 29.6 Å². The Morgan fingerprint density at radius 2 is 1.83 bits per heavy atom. The van der Waals surface area contributed by atoms with Crippen LogP contribution in [0.4, 0.5) is 9.52 Å². The third-order valence-corrected chi connectivity index (χ3v) is 5.71. The van der Waals surface area contributed by atoms with Gasteiger partial charge in [0.25, 0.3) is 5.91 Å². The van der Waals surface area contributed by atoms with Gasteiger partial charge in [-0.05, 0) is 51.0 Å². The molecule has 1 N–H and O–H groups in total. The predicted molar refractivity (Wildman–Crippen MR) is 113 cm³/mol. The van der Waals surface area contributed by atoms with Crippen LogP contribution in [0.25, 0.3) is 0 Å². The van der Waals surface area contributed by atoms with E-state index < -0.39 is 5.82 Å². The number of halogens is 1. The van der Waals surface area contributed by atoms with E-state index in [1.165, 1.54) is 40.5 Å². The zero-order valence-corrected chi connectivity index (χ0v) is 17.9. The molecule has 1 fully saturated rings. The van der Waals surface area contributed by atoms with Crippen molar-refractivity contribution >= 4 is 34.2 Å². The summed E-state index contributed by atoms with van der Waals surface area (Å²) in [7, 11) is 0. The van der Waals surface area contributed by atoms with Crippen LogP contribution in [-0.2, 0) is 16.0 Å². The summed E-state index contributed by atoms with van der Waals surface area (Å²) in [4.78, 5) is 45.0. The van der Waals surface area contributed by atoms with E-state index in [1.807, 2.05) is 13.8 Å². The number of carbonyl (C=O) groups excluding carboxylic acids is 3. The second-order valence-electron chi connectivity index (χ2n) is 7.11. The Labute approximate surface area is 178 Å². The number of anilines is 1. The average Bonchev–Trinajstić information content (AvgIpc) is 3.48. The van der Waals surface area contributed by atoms with Crippen molar-refractivity contribution in [3.63, 3.8) is 0 Å². The Hall–Kier alpha value is -2.81. The number of nitrogens with one attached hydrogen (secondary N) is 1. The lowest BCUT2D eigenvalue weighted by atomic mass is 10.2. The standard InChI is InChI=1S/C21H25FN4O3S/c1-3-25(4-2)19(28)11-16-13-30-21(23-16)24-18(27)12-26(17-9-10-17)20(29)14-5-7-15(22)8-6-14/h5-8,13,17H,3-4,9-12H2,1-2H3,(H,23,24,27). The highest BCUT2D eigenvalue weighted by atomic mass is 32.1. The van der Waals surface area contributed by atoms with E-state index in [2.05, 4.69) is 10.3 Å². The smallest absolute Gasteiger partial charge is 0.254 e. The van der Waals surface area contributed by atoms with Crippen molar-refractivity contribution in [3.05, 3.63) is 46.7 Å². The Morgan fingerprint density at radius 3 is 2.43 bits per heavy atom. The maximum absolute atomic E-state index is 13.1. The van der Waals surface area contributed by atoms with Crippen LogP contribution in [0.5, 0.6) is 0 Å². The van der Waals surface area contributed by atoms with Crippen LogP contribution in [0.1, 0.15) is 42.7 Å². The molecule has 1 aromatic heterocycles. The van der Waals surface area contributed by atoms with Crippen LogP contribution < -0.4 is 5.32 Å². The van der Waals surface area contributed by atoms with Crippen LogP contribution in [0.2, 0.25) is 0 Å². The highest BCUT2D eigenvalue weighted by Crippen LogP contribution is 2.28. The van der Waals surface area contributed by atoms with Crippen molar-refractivity contribution in [2.75, 3.05) is 25.0 Å². The minimum absolute atomic E-state index is 0.00650. The molecule has 0 radical (unpaired) electrons. The number of amides is 3. The van der Waals surface area contributed by atoms with Gasteiger partial charge in [-0.15, -0.1) is 11.3 Å². The van der Waals surface area contributed by atoms with E-state index in [1.54, 1.807) is 10.3 Å². The van der Waals surface area contributed by atoms with Crippen LogP contribution >= 0.6 is 11.3 Å². The van der Waals surface area contributed by atoms with E-state index in [9.17, 15) is 18.8 Å². The highest BCUT2D eigenvalue weighted by Gasteiger charge is 2.34. The molecule has 0 aliphatic heterocycles. The van der Waals surface area contributed by atoms with E-state index in [4.69, 9.17) is 0 Å². The number of likely N-dealkylation sites (N-methyl/N-ethyl adjacent to an activating group) is 1. The number of rotatable bonds is 9. The van der Waals surface area contributed by atoms with Crippen molar-refractivity contribution < 1.29 is 18.8 Å². The monoisotopic (exact) mass is 432 g/mol. The number of thiazole rings is 1. The van der Waals surface area contributed by atoms with Crippen molar-refractivity contribution in [1.82, 2.24) is 14.8 Å². The molecule has 3 rings (SSSR count). The third kappa shape index (κ3) is 5.63. The molecule has 2 aromatic rings. The summed E-state index contributed by atoms with van der Waals surface area (Å²) in [6.45, 7) is 5.03. The van der Waals surface area contributed by atoms with Crippen LogP contribution in [0.3, 0.4) is 0 Å². The first-order valence-electron chi connectivity index (χ1n) is 9.99. The molecular formula is C21H25FN4O3S. The summed E-state index contributed by atoms with van der Waals surface area (Å²) in [5, 5.41) is 4.86. The number of aromatic nitrogens is 1. The number of nitrogens with zero attached hydrogens (tertiary/aromatic N) is 3. The van der Waals surface area contributed by atoms with Gasteiger partial charge in [0.05, 0.1) is 12.1 Å². The maximum atomic E-state index is 13.1. The normalized spacial score (nSPS) is 13.0. The molecule has 7 nitrogen and oxygen atoms in total. The van der Waals surface area contributed by atoms with Gasteiger partial charge in [0.1, 0.15) is 12.4 Å². The van der Waals surface area contributed by atoms with Gasteiger partial charge in [0.2, 0.25) is 11.8 Å².